The minimum Gasteiger partial charge on any atom is -0.319 e. The summed E-state index contributed by atoms with van der Waals surface area (Å²) in [6, 6.07) is 7.51. The third kappa shape index (κ3) is 2.20. The Balaban J connectivity index is 2.27. The number of H-pyrrole nitrogens is 1. The number of benzene rings is 1. The number of anilines is 1. The monoisotopic (exact) mass is 229 g/mol. The van der Waals surface area contributed by atoms with Crippen molar-refractivity contribution in [3.8, 4) is 0 Å². The maximum absolute atomic E-state index is 12.1. The van der Waals surface area contributed by atoms with Crippen molar-refractivity contribution in [2.24, 2.45) is 0 Å². The van der Waals surface area contributed by atoms with E-state index >= 15 is 0 Å². The molecule has 2 aromatic rings. The molecular formula is C13H15N3O. The summed E-state index contributed by atoms with van der Waals surface area (Å²) in [4.78, 5) is 12.1. The summed E-state index contributed by atoms with van der Waals surface area (Å²) in [5.41, 5.74) is 4.07. The quantitative estimate of drug-likeness (QED) is 0.831. The molecule has 0 radical (unpaired) electrons. The zero-order valence-corrected chi connectivity index (χ0v) is 10.2. The van der Waals surface area contributed by atoms with Gasteiger partial charge in [-0.2, -0.15) is 5.10 Å². The first-order chi connectivity index (χ1) is 8.09. The van der Waals surface area contributed by atoms with Crippen LogP contribution in [0.1, 0.15) is 27.3 Å². The first kappa shape index (κ1) is 11.4. The lowest BCUT2D eigenvalue weighted by atomic mass is 10.1. The van der Waals surface area contributed by atoms with E-state index in [4.69, 9.17) is 0 Å². The Morgan fingerprint density at radius 2 is 1.94 bits per heavy atom. The molecular weight excluding hydrogens is 214 g/mol. The van der Waals surface area contributed by atoms with E-state index in [0.29, 0.717) is 5.56 Å². The van der Waals surface area contributed by atoms with Gasteiger partial charge >= 0.3 is 0 Å². The molecule has 2 N–H and O–H groups in total. The molecule has 0 aliphatic heterocycles. The Hall–Kier alpha value is -2.10. The standard InChI is InChI=1S/C13H15N3O/c1-8-6-4-5-7-11(8)13(17)14-12-9(2)15-16-10(12)3/h4-7H,1-3H3,(H,14,17)(H,15,16). The van der Waals surface area contributed by atoms with Crippen LogP contribution in [0.15, 0.2) is 24.3 Å². The van der Waals surface area contributed by atoms with Gasteiger partial charge in [-0.05, 0) is 32.4 Å². The van der Waals surface area contributed by atoms with Gasteiger partial charge < -0.3 is 5.32 Å². The number of hydrogen-bond donors (Lipinski definition) is 2. The summed E-state index contributed by atoms with van der Waals surface area (Å²) in [5.74, 6) is -0.101. The molecule has 0 fully saturated rings. The molecule has 1 amide bonds. The van der Waals surface area contributed by atoms with E-state index in [1.54, 1.807) is 0 Å². The van der Waals surface area contributed by atoms with Crippen molar-refractivity contribution in [3.63, 3.8) is 0 Å². The molecule has 88 valence electrons. The Morgan fingerprint density at radius 1 is 1.24 bits per heavy atom. The fraction of sp³-hybridized carbons (Fsp3) is 0.231. The minimum absolute atomic E-state index is 0.101. The molecule has 0 saturated heterocycles. The van der Waals surface area contributed by atoms with Gasteiger partial charge in [-0.1, -0.05) is 18.2 Å². The first-order valence-electron chi connectivity index (χ1n) is 5.48. The summed E-state index contributed by atoms with van der Waals surface area (Å²) in [5, 5.41) is 9.77. The van der Waals surface area contributed by atoms with E-state index in [2.05, 4.69) is 15.5 Å². The number of hydrogen-bond acceptors (Lipinski definition) is 2. The highest BCUT2D eigenvalue weighted by Crippen LogP contribution is 2.18. The van der Waals surface area contributed by atoms with Crippen LogP contribution in [0.25, 0.3) is 0 Å². The molecule has 0 spiro atoms. The van der Waals surface area contributed by atoms with Gasteiger partial charge in [0.2, 0.25) is 0 Å². The van der Waals surface area contributed by atoms with Crippen LogP contribution >= 0.6 is 0 Å². The average Bonchev–Trinajstić information content (AvgIpc) is 2.61. The van der Waals surface area contributed by atoms with Gasteiger partial charge in [0, 0.05) is 5.56 Å². The van der Waals surface area contributed by atoms with Crippen LogP contribution in [0.2, 0.25) is 0 Å². The number of carbonyl (C=O) groups is 1. The van der Waals surface area contributed by atoms with Crippen molar-refractivity contribution in [1.29, 1.82) is 0 Å². The van der Waals surface area contributed by atoms with Gasteiger partial charge in [0.25, 0.3) is 5.91 Å². The number of aromatic amines is 1. The van der Waals surface area contributed by atoms with E-state index in [1.807, 2.05) is 45.0 Å². The van der Waals surface area contributed by atoms with Crippen molar-refractivity contribution in [2.75, 3.05) is 5.32 Å². The molecule has 0 aliphatic carbocycles. The van der Waals surface area contributed by atoms with E-state index in [-0.39, 0.29) is 5.91 Å². The number of nitrogens with zero attached hydrogens (tertiary/aromatic N) is 1. The van der Waals surface area contributed by atoms with Crippen LogP contribution in [-0.2, 0) is 0 Å². The second kappa shape index (κ2) is 4.41. The smallest absolute Gasteiger partial charge is 0.256 e. The first-order valence-corrected chi connectivity index (χ1v) is 5.48. The van der Waals surface area contributed by atoms with Crippen LogP contribution in [0.4, 0.5) is 5.69 Å². The van der Waals surface area contributed by atoms with Crippen molar-refractivity contribution >= 4 is 11.6 Å². The van der Waals surface area contributed by atoms with Crippen molar-refractivity contribution in [3.05, 3.63) is 46.8 Å². The normalized spacial score (nSPS) is 10.3. The molecule has 0 saturated carbocycles. The SMILES string of the molecule is Cc1ccccc1C(=O)Nc1c(C)n[nH]c1C. The van der Waals surface area contributed by atoms with Crippen LogP contribution in [0, 0.1) is 20.8 Å². The fourth-order valence-electron chi connectivity index (χ4n) is 1.74. The zero-order valence-electron chi connectivity index (χ0n) is 10.2. The lowest BCUT2D eigenvalue weighted by molar-refractivity contribution is 0.102. The molecule has 0 atom stereocenters. The number of amides is 1. The second-order valence-corrected chi connectivity index (χ2v) is 4.08. The van der Waals surface area contributed by atoms with Crippen molar-refractivity contribution in [1.82, 2.24) is 10.2 Å². The molecule has 1 aromatic carbocycles. The summed E-state index contributed by atoms with van der Waals surface area (Å²) < 4.78 is 0. The molecule has 2 rings (SSSR count). The fourth-order valence-corrected chi connectivity index (χ4v) is 1.74. The number of carbonyl (C=O) groups excluding carboxylic acids is 1. The van der Waals surface area contributed by atoms with Crippen LogP contribution in [0.3, 0.4) is 0 Å². The number of aryl methyl sites for hydroxylation is 3. The van der Waals surface area contributed by atoms with E-state index in [9.17, 15) is 4.79 Å². The topological polar surface area (TPSA) is 57.8 Å². The van der Waals surface area contributed by atoms with Crippen molar-refractivity contribution in [2.45, 2.75) is 20.8 Å². The number of nitrogens with one attached hydrogen (secondary N) is 2. The lowest BCUT2D eigenvalue weighted by Crippen LogP contribution is -2.14. The highest BCUT2D eigenvalue weighted by atomic mass is 16.1. The average molecular weight is 229 g/mol. The molecule has 4 nitrogen and oxygen atoms in total. The predicted octanol–water partition coefficient (Wildman–Crippen LogP) is 2.59. The summed E-state index contributed by atoms with van der Waals surface area (Å²) in [6.45, 7) is 5.66. The van der Waals surface area contributed by atoms with Gasteiger partial charge in [0.15, 0.2) is 0 Å². The second-order valence-electron chi connectivity index (χ2n) is 4.08. The summed E-state index contributed by atoms with van der Waals surface area (Å²) in [6.07, 6.45) is 0. The van der Waals surface area contributed by atoms with Crippen LogP contribution in [-0.4, -0.2) is 16.1 Å². The zero-order chi connectivity index (χ0) is 12.4. The molecule has 0 unspecified atom stereocenters. The maximum Gasteiger partial charge on any atom is 0.256 e. The molecule has 1 heterocycles. The largest absolute Gasteiger partial charge is 0.319 e. The van der Waals surface area contributed by atoms with Crippen molar-refractivity contribution < 1.29 is 4.79 Å². The minimum atomic E-state index is -0.101. The van der Waals surface area contributed by atoms with Gasteiger partial charge in [-0.25, -0.2) is 0 Å². The molecule has 1 aromatic heterocycles. The van der Waals surface area contributed by atoms with Gasteiger partial charge in [-0.15, -0.1) is 0 Å². The Bertz CT molecular complexity index is 538. The summed E-state index contributed by atoms with van der Waals surface area (Å²) >= 11 is 0. The van der Waals surface area contributed by atoms with E-state index < -0.39 is 0 Å². The maximum atomic E-state index is 12.1. The van der Waals surface area contributed by atoms with E-state index in [0.717, 1.165) is 22.6 Å². The third-order valence-corrected chi connectivity index (χ3v) is 2.76. The van der Waals surface area contributed by atoms with E-state index in [1.165, 1.54) is 0 Å². The van der Waals surface area contributed by atoms with Gasteiger partial charge in [-0.3, -0.25) is 9.89 Å². The number of aromatic nitrogens is 2. The van der Waals surface area contributed by atoms with Crippen LogP contribution in [0.5, 0.6) is 0 Å². The highest BCUT2D eigenvalue weighted by Gasteiger charge is 2.12. The Kier molecular flexibility index (Phi) is 2.95. The Labute approximate surface area is 100 Å². The number of rotatable bonds is 2. The molecule has 17 heavy (non-hydrogen) atoms. The molecule has 4 heteroatoms. The lowest BCUT2D eigenvalue weighted by Gasteiger charge is -2.07. The van der Waals surface area contributed by atoms with Crippen LogP contribution < -0.4 is 5.32 Å². The third-order valence-electron chi connectivity index (χ3n) is 2.76. The predicted molar refractivity (Wildman–Crippen MR) is 67.2 cm³/mol. The van der Waals surface area contributed by atoms with Gasteiger partial charge in [0.05, 0.1) is 17.1 Å². The summed E-state index contributed by atoms with van der Waals surface area (Å²) in [7, 11) is 0. The van der Waals surface area contributed by atoms with Gasteiger partial charge in [0.1, 0.15) is 0 Å². The Morgan fingerprint density at radius 3 is 2.53 bits per heavy atom. The molecule has 0 aliphatic rings. The molecule has 0 bridgehead atoms. The highest BCUT2D eigenvalue weighted by molar-refractivity contribution is 6.05.